The van der Waals surface area contributed by atoms with Crippen molar-refractivity contribution in [2.75, 3.05) is 12.4 Å². The summed E-state index contributed by atoms with van der Waals surface area (Å²) in [6, 6.07) is 10.3. The zero-order valence-corrected chi connectivity index (χ0v) is 11.4. The van der Waals surface area contributed by atoms with Crippen LogP contribution in [0.25, 0.3) is 0 Å². The minimum atomic E-state index is 0. The number of hydrogen-bond acceptors (Lipinski definition) is 1. The summed E-state index contributed by atoms with van der Waals surface area (Å²) in [6.45, 7) is 3.00. The predicted molar refractivity (Wildman–Crippen MR) is 69.0 cm³/mol. The predicted octanol–water partition coefficient (Wildman–Crippen LogP) is 3.39. The quantitative estimate of drug-likeness (QED) is 0.826. The van der Waals surface area contributed by atoms with Crippen LogP contribution in [0.3, 0.4) is 0 Å². The van der Waals surface area contributed by atoms with Crippen LogP contribution in [0, 0.1) is 0 Å². The van der Waals surface area contributed by atoms with Crippen LogP contribution >= 0.6 is 32.9 Å². The molecule has 0 aliphatic heterocycles. The van der Waals surface area contributed by atoms with E-state index in [4.69, 9.17) is 0 Å². The summed E-state index contributed by atoms with van der Waals surface area (Å²) in [6.07, 6.45) is 0. The van der Waals surface area contributed by atoms with Crippen molar-refractivity contribution in [1.82, 2.24) is 5.32 Å². The van der Waals surface area contributed by atoms with Crippen LogP contribution in [0.15, 0.2) is 30.3 Å². The van der Waals surface area contributed by atoms with Gasteiger partial charge in [-0.05, 0) is 12.6 Å². The van der Waals surface area contributed by atoms with Gasteiger partial charge in [-0.15, -0.1) is 17.0 Å². The fraction of sp³-hybridized carbons (Fsp3) is 0.400. The normalized spacial score (nSPS) is 7.92. The molecule has 0 unspecified atom stereocenters. The van der Waals surface area contributed by atoms with Crippen molar-refractivity contribution in [2.24, 2.45) is 0 Å². The van der Waals surface area contributed by atoms with E-state index in [0.29, 0.717) is 0 Å². The molecule has 0 saturated carbocycles. The Morgan fingerprint density at radius 2 is 1.69 bits per heavy atom. The summed E-state index contributed by atoms with van der Waals surface area (Å²) in [5.74, 6) is 0. The molecule has 0 radical (unpaired) electrons. The van der Waals surface area contributed by atoms with Gasteiger partial charge in [-0.2, -0.15) is 0 Å². The van der Waals surface area contributed by atoms with E-state index in [0.717, 1.165) is 11.9 Å². The van der Waals surface area contributed by atoms with Crippen LogP contribution in [0.1, 0.15) is 12.5 Å². The Morgan fingerprint density at radius 3 is 2.08 bits per heavy atom. The molecule has 13 heavy (non-hydrogen) atoms. The maximum Gasteiger partial charge on any atom is 0.0202 e. The van der Waals surface area contributed by atoms with Crippen molar-refractivity contribution in [1.29, 1.82) is 0 Å². The number of benzene rings is 1. The Kier molecular flexibility index (Phi) is 14.6. The molecule has 1 aromatic rings. The van der Waals surface area contributed by atoms with Crippen LogP contribution in [-0.4, -0.2) is 12.4 Å². The standard InChI is InChI=1S/C8H11N.C2H5Br.BrH/c1-9-7-8-5-3-2-4-6-8;1-2-3;/h2-6,9H,7H2,1H3;2H2,1H3;1H. The summed E-state index contributed by atoms with van der Waals surface area (Å²) in [5.41, 5.74) is 1.33. The highest BCUT2D eigenvalue weighted by atomic mass is 79.9. The van der Waals surface area contributed by atoms with Gasteiger partial charge in [-0.3, -0.25) is 0 Å². The van der Waals surface area contributed by atoms with Crippen molar-refractivity contribution >= 4 is 32.9 Å². The number of hydrogen-bond donors (Lipinski definition) is 1. The molecule has 76 valence electrons. The first-order valence-corrected chi connectivity index (χ1v) is 5.21. The Labute approximate surface area is 99.8 Å². The van der Waals surface area contributed by atoms with E-state index < -0.39 is 0 Å². The van der Waals surface area contributed by atoms with Gasteiger partial charge in [0.25, 0.3) is 0 Å². The summed E-state index contributed by atoms with van der Waals surface area (Å²) in [7, 11) is 1.95. The summed E-state index contributed by atoms with van der Waals surface area (Å²) < 4.78 is 0. The second kappa shape index (κ2) is 12.1. The number of nitrogens with one attached hydrogen (secondary N) is 1. The number of halogens is 2. The second-order valence-corrected chi connectivity index (χ2v) is 3.40. The van der Waals surface area contributed by atoms with Crippen molar-refractivity contribution < 1.29 is 0 Å². The highest BCUT2D eigenvalue weighted by Gasteiger charge is 1.83. The van der Waals surface area contributed by atoms with Gasteiger partial charge in [0.1, 0.15) is 0 Å². The average molecular weight is 311 g/mol. The molecule has 0 atom stereocenters. The molecule has 0 bridgehead atoms. The first kappa shape index (κ1) is 15.6. The van der Waals surface area contributed by atoms with Crippen LogP contribution in [-0.2, 0) is 6.54 Å². The molecule has 0 aromatic heterocycles. The third-order valence-electron chi connectivity index (χ3n) is 1.22. The molecule has 0 aliphatic rings. The minimum absolute atomic E-state index is 0. The molecule has 0 fully saturated rings. The zero-order chi connectivity index (χ0) is 9.23. The van der Waals surface area contributed by atoms with Crippen LogP contribution in [0.4, 0.5) is 0 Å². The summed E-state index contributed by atoms with van der Waals surface area (Å²) in [4.78, 5) is 0. The lowest BCUT2D eigenvalue weighted by molar-refractivity contribution is 0.818. The smallest absolute Gasteiger partial charge is 0.0202 e. The largest absolute Gasteiger partial charge is 0.316 e. The fourth-order valence-corrected chi connectivity index (χ4v) is 0.800. The lowest BCUT2D eigenvalue weighted by Gasteiger charge is -1.95. The lowest BCUT2D eigenvalue weighted by Crippen LogP contribution is -2.04. The van der Waals surface area contributed by atoms with Crippen LogP contribution in [0.2, 0.25) is 0 Å². The molecule has 0 saturated heterocycles. The third kappa shape index (κ3) is 10.1. The highest BCUT2D eigenvalue weighted by Crippen LogP contribution is 1.95. The van der Waals surface area contributed by atoms with E-state index in [-0.39, 0.29) is 17.0 Å². The SMILES string of the molecule is Br.CCBr.CNCc1ccccc1. The van der Waals surface area contributed by atoms with Crippen LogP contribution in [0.5, 0.6) is 0 Å². The Balaban J connectivity index is 0. The van der Waals surface area contributed by atoms with Gasteiger partial charge in [0, 0.05) is 11.9 Å². The fourth-order valence-electron chi connectivity index (χ4n) is 0.800. The highest BCUT2D eigenvalue weighted by molar-refractivity contribution is 9.09. The Bertz CT molecular complexity index is 178. The summed E-state index contributed by atoms with van der Waals surface area (Å²) >= 11 is 3.15. The maximum absolute atomic E-state index is 3.15. The zero-order valence-electron chi connectivity index (χ0n) is 8.09. The van der Waals surface area contributed by atoms with Crippen molar-refractivity contribution in [2.45, 2.75) is 13.5 Å². The van der Waals surface area contributed by atoms with Gasteiger partial charge in [0.15, 0.2) is 0 Å². The van der Waals surface area contributed by atoms with E-state index in [1.165, 1.54) is 5.56 Å². The molecule has 1 nitrogen and oxygen atoms in total. The van der Waals surface area contributed by atoms with Crippen molar-refractivity contribution in [3.8, 4) is 0 Å². The third-order valence-corrected chi connectivity index (χ3v) is 1.22. The molecule has 1 aromatic carbocycles. The monoisotopic (exact) mass is 309 g/mol. The van der Waals surface area contributed by atoms with Gasteiger partial charge in [0.05, 0.1) is 0 Å². The molecule has 0 amide bonds. The van der Waals surface area contributed by atoms with E-state index in [2.05, 4.69) is 33.4 Å². The van der Waals surface area contributed by atoms with Crippen molar-refractivity contribution in [3.63, 3.8) is 0 Å². The van der Waals surface area contributed by atoms with Gasteiger partial charge >= 0.3 is 0 Å². The molecule has 1 rings (SSSR count). The molecule has 0 aliphatic carbocycles. The second-order valence-electron chi connectivity index (χ2n) is 2.28. The van der Waals surface area contributed by atoms with Gasteiger partial charge in [0.2, 0.25) is 0 Å². The molecular formula is C10H17Br2N. The number of rotatable bonds is 2. The molecule has 1 N–H and O–H groups in total. The minimum Gasteiger partial charge on any atom is -0.316 e. The molecule has 3 heteroatoms. The summed E-state index contributed by atoms with van der Waals surface area (Å²) in [5, 5.41) is 4.15. The van der Waals surface area contributed by atoms with Crippen molar-refractivity contribution in [3.05, 3.63) is 35.9 Å². The van der Waals surface area contributed by atoms with Gasteiger partial charge in [-0.1, -0.05) is 53.2 Å². The molecule has 0 heterocycles. The van der Waals surface area contributed by atoms with E-state index in [9.17, 15) is 0 Å². The first-order valence-electron chi connectivity index (χ1n) is 4.09. The maximum atomic E-state index is 3.15. The average Bonchev–Trinajstić information content (AvgIpc) is 2.08. The first-order chi connectivity index (χ1) is 5.85. The van der Waals surface area contributed by atoms with E-state index in [1.807, 2.05) is 32.2 Å². The van der Waals surface area contributed by atoms with Gasteiger partial charge < -0.3 is 5.32 Å². The molecular weight excluding hydrogens is 294 g/mol. The van der Waals surface area contributed by atoms with Crippen LogP contribution < -0.4 is 5.32 Å². The Hall–Kier alpha value is 0.140. The number of alkyl halides is 1. The van der Waals surface area contributed by atoms with E-state index in [1.54, 1.807) is 0 Å². The van der Waals surface area contributed by atoms with Gasteiger partial charge in [-0.25, -0.2) is 0 Å². The topological polar surface area (TPSA) is 12.0 Å². The molecule has 0 spiro atoms. The lowest BCUT2D eigenvalue weighted by atomic mass is 10.2. The Morgan fingerprint density at radius 1 is 1.23 bits per heavy atom. The van der Waals surface area contributed by atoms with E-state index >= 15 is 0 Å².